The smallest absolute Gasteiger partial charge is 0.302 e. The van der Waals surface area contributed by atoms with Gasteiger partial charge in [0.05, 0.1) is 12.6 Å². The number of carbonyl (C=O) groups excluding carboxylic acids is 4. The van der Waals surface area contributed by atoms with E-state index < -0.39 is 54.6 Å². The van der Waals surface area contributed by atoms with Crippen LogP contribution in [0.25, 0.3) is 0 Å². The highest BCUT2D eigenvalue weighted by Gasteiger charge is 2.52. The number of rotatable bonds is 8. The number of ether oxygens (including phenoxy) is 1. The number of halogens is 4. The van der Waals surface area contributed by atoms with Gasteiger partial charge in [-0.3, -0.25) is 24.1 Å². The first kappa shape index (κ1) is 37.0. The average molecular weight is 676 g/mol. The number of alkyl halides is 2. The highest BCUT2D eigenvalue weighted by Crippen LogP contribution is 2.38. The molecule has 3 amide bonds. The van der Waals surface area contributed by atoms with Gasteiger partial charge in [0.1, 0.15) is 18.2 Å². The molecule has 2 N–H and O–H groups in total. The first-order valence-electron chi connectivity index (χ1n) is 15.8. The standard InChI is InChI=1S/C32H44F2N4O5.2ClH/c1-4-19(2)29(40)35-27(21-10-6-5-7-11-21)31(42)38-16-23-15-32(33,34)18-37(23)17-25(38)30(41)36-28-24-13-9-8-12-22(24)14-26(28)43-20(3)39;;/h8-9,12-13,19,21,23,25-28H,4-7,10-11,14-18H2,1-3H3,(H,35,40)(H,36,41);2*1H/t19-,23-,25+,26+,27+,28+;;/m1../s1. The fraction of sp³-hybridized carbons (Fsp3) is 0.688. The lowest BCUT2D eigenvalue weighted by atomic mass is 9.82. The van der Waals surface area contributed by atoms with Gasteiger partial charge in [-0.25, -0.2) is 8.78 Å². The van der Waals surface area contributed by atoms with Gasteiger partial charge in [-0.2, -0.15) is 0 Å². The summed E-state index contributed by atoms with van der Waals surface area (Å²) < 4.78 is 34.7. The monoisotopic (exact) mass is 674 g/mol. The zero-order valence-corrected chi connectivity index (χ0v) is 27.8. The molecule has 4 aliphatic rings. The van der Waals surface area contributed by atoms with Gasteiger partial charge in [-0.05, 0) is 36.3 Å². The number of esters is 1. The molecule has 6 atom stereocenters. The SMILES string of the molecule is CC[C@@H](C)C(=O)N[C@H](C(=O)N1C[C@H]2CC(F)(F)CN2C[C@H]1C(=O)N[C@H]1c2ccccc2C[C@@H]1OC(C)=O)C1CCCCC1.Cl.Cl. The van der Waals surface area contributed by atoms with Crippen LogP contribution < -0.4 is 10.6 Å². The van der Waals surface area contributed by atoms with Gasteiger partial charge in [0.15, 0.2) is 0 Å². The van der Waals surface area contributed by atoms with Crippen molar-refractivity contribution in [1.29, 1.82) is 0 Å². The molecule has 2 saturated heterocycles. The molecule has 1 aromatic carbocycles. The zero-order chi connectivity index (χ0) is 30.9. The molecular formula is C32H46Cl2F2N4O5. The topological polar surface area (TPSA) is 108 Å². The Kier molecular flexibility index (Phi) is 12.6. The normalized spacial score (nSPS) is 27.1. The third kappa shape index (κ3) is 8.27. The van der Waals surface area contributed by atoms with E-state index in [1.165, 1.54) is 11.8 Å². The fourth-order valence-corrected chi connectivity index (χ4v) is 7.31. The summed E-state index contributed by atoms with van der Waals surface area (Å²) in [6, 6.07) is 4.41. The second-order valence-corrected chi connectivity index (χ2v) is 12.9. The van der Waals surface area contributed by atoms with E-state index in [0.717, 1.165) is 43.2 Å². The van der Waals surface area contributed by atoms with Crippen LogP contribution in [0.3, 0.4) is 0 Å². The lowest BCUT2D eigenvalue weighted by molar-refractivity contribution is -0.151. The third-order valence-corrected chi connectivity index (χ3v) is 9.81. The number of hydrogen-bond acceptors (Lipinski definition) is 6. The molecule has 3 fully saturated rings. The predicted octanol–water partition coefficient (Wildman–Crippen LogP) is 4.21. The van der Waals surface area contributed by atoms with Crippen LogP contribution >= 0.6 is 24.8 Å². The summed E-state index contributed by atoms with van der Waals surface area (Å²) in [5, 5.41) is 6.02. The number of carbonyl (C=O) groups is 4. The molecule has 2 aliphatic carbocycles. The summed E-state index contributed by atoms with van der Waals surface area (Å²) in [6.45, 7) is 4.50. The summed E-state index contributed by atoms with van der Waals surface area (Å²) in [5.41, 5.74) is 1.77. The molecule has 2 aliphatic heterocycles. The quantitative estimate of drug-likeness (QED) is 0.400. The lowest BCUT2D eigenvalue weighted by Crippen LogP contribution is -2.66. The fourth-order valence-electron chi connectivity index (χ4n) is 7.31. The largest absolute Gasteiger partial charge is 0.460 e. The Hall–Kier alpha value is -2.50. The minimum atomic E-state index is -2.91. The molecule has 0 radical (unpaired) electrons. The number of piperazine rings is 1. The Labute approximate surface area is 276 Å². The van der Waals surface area contributed by atoms with Gasteiger partial charge in [-0.1, -0.05) is 57.4 Å². The van der Waals surface area contributed by atoms with E-state index in [2.05, 4.69) is 10.6 Å². The van der Waals surface area contributed by atoms with Crippen molar-refractivity contribution in [2.45, 2.75) is 108 Å². The summed E-state index contributed by atoms with van der Waals surface area (Å²) >= 11 is 0. The van der Waals surface area contributed by atoms with Crippen LogP contribution in [0.2, 0.25) is 0 Å². The maximum Gasteiger partial charge on any atom is 0.302 e. The number of fused-ring (bicyclic) bond motifs is 2. The summed E-state index contributed by atoms with van der Waals surface area (Å²) in [6.07, 6.45) is 4.53. The predicted molar refractivity (Wildman–Crippen MR) is 169 cm³/mol. The molecule has 2 heterocycles. The molecular weight excluding hydrogens is 629 g/mol. The second-order valence-electron chi connectivity index (χ2n) is 12.9. The molecule has 0 bridgehead atoms. The third-order valence-electron chi connectivity index (χ3n) is 9.81. The van der Waals surface area contributed by atoms with Crippen LogP contribution in [0, 0.1) is 11.8 Å². The zero-order valence-electron chi connectivity index (χ0n) is 26.1. The van der Waals surface area contributed by atoms with Gasteiger partial charge in [0.2, 0.25) is 17.7 Å². The van der Waals surface area contributed by atoms with E-state index in [0.29, 0.717) is 12.8 Å². The first-order valence-corrected chi connectivity index (χ1v) is 15.8. The summed E-state index contributed by atoms with van der Waals surface area (Å²) in [4.78, 5) is 56.5. The molecule has 9 nitrogen and oxygen atoms in total. The van der Waals surface area contributed by atoms with Crippen LogP contribution in [0.1, 0.15) is 82.9 Å². The van der Waals surface area contributed by atoms with Crippen molar-refractivity contribution in [3.05, 3.63) is 35.4 Å². The number of nitrogens with one attached hydrogen (secondary N) is 2. The second kappa shape index (κ2) is 15.4. The Morgan fingerprint density at radius 3 is 2.42 bits per heavy atom. The van der Waals surface area contributed by atoms with Crippen molar-refractivity contribution in [3.63, 3.8) is 0 Å². The van der Waals surface area contributed by atoms with Crippen LogP contribution in [0.5, 0.6) is 0 Å². The van der Waals surface area contributed by atoms with Crippen LogP contribution in [0.4, 0.5) is 8.78 Å². The Bertz CT molecular complexity index is 1230. The highest BCUT2D eigenvalue weighted by atomic mass is 35.5. The van der Waals surface area contributed by atoms with E-state index in [9.17, 15) is 28.0 Å². The van der Waals surface area contributed by atoms with Crippen molar-refractivity contribution in [1.82, 2.24) is 20.4 Å². The number of amides is 3. The summed E-state index contributed by atoms with van der Waals surface area (Å²) in [5.74, 6) is -4.85. The Morgan fingerprint density at radius 2 is 1.76 bits per heavy atom. The minimum Gasteiger partial charge on any atom is -0.460 e. The van der Waals surface area contributed by atoms with Crippen molar-refractivity contribution < 1.29 is 32.7 Å². The van der Waals surface area contributed by atoms with Crippen molar-refractivity contribution >= 4 is 48.5 Å². The number of nitrogens with zero attached hydrogens (tertiary/aromatic N) is 2. The van der Waals surface area contributed by atoms with E-state index in [-0.39, 0.29) is 68.0 Å². The van der Waals surface area contributed by atoms with Gasteiger partial charge in [0.25, 0.3) is 5.92 Å². The Balaban J connectivity index is 0.00000276. The molecule has 13 heteroatoms. The van der Waals surface area contributed by atoms with E-state index in [1.54, 1.807) is 4.90 Å². The maximum atomic E-state index is 14.6. The van der Waals surface area contributed by atoms with Gasteiger partial charge in [0, 0.05) is 44.8 Å². The van der Waals surface area contributed by atoms with Gasteiger partial charge < -0.3 is 20.3 Å². The first-order chi connectivity index (χ1) is 20.5. The average Bonchev–Trinajstić information content (AvgIpc) is 3.48. The van der Waals surface area contributed by atoms with Crippen molar-refractivity contribution in [2.75, 3.05) is 19.6 Å². The lowest BCUT2D eigenvalue weighted by Gasteiger charge is -2.45. The van der Waals surface area contributed by atoms with Crippen LogP contribution in [-0.2, 0) is 30.3 Å². The van der Waals surface area contributed by atoms with Crippen molar-refractivity contribution in [3.8, 4) is 0 Å². The molecule has 0 aromatic heterocycles. The molecule has 1 saturated carbocycles. The minimum absolute atomic E-state index is 0. The van der Waals surface area contributed by atoms with Crippen molar-refractivity contribution in [2.24, 2.45) is 11.8 Å². The van der Waals surface area contributed by atoms with Crippen LogP contribution in [0.15, 0.2) is 24.3 Å². The van der Waals surface area contributed by atoms with Gasteiger partial charge in [-0.15, -0.1) is 24.8 Å². The van der Waals surface area contributed by atoms with E-state index in [1.807, 2.05) is 38.1 Å². The molecule has 0 unspecified atom stereocenters. The van der Waals surface area contributed by atoms with Gasteiger partial charge >= 0.3 is 5.97 Å². The number of hydrogen-bond donors (Lipinski definition) is 2. The molecule has 45 heavy (non-hydrogen) atoms. The maximum absolute atomic E-state index is 14.6. The van der Waals surface area contributed by atoms with Crippen LogP contribution in [-0.4, -0.2) is 83.3 Å². The molecule has 1 aromatic rings. The molecule has 252 valence electrons. The highest BCUT2D eigenvalue weighted by molar-refractivity contribution is 5.93. The molecule has 5 rings (SSSR count). The Morgan fingerprint density at radius 1 is 1.07 bits per heavy atom. The number of benzene rings is 1. The van der Waals surface area contributed by atoms with E-state index in [4.69, 9.17) is 4.74 Å². The summed E-state index contributed by atoms with van der Waals surface area (Å²) in [7, 11) is 0. The molecule has 0 spiro atoms. The van der Waals surface area contributed by atoms with E-state index >= 15 is 0 Å².